The molecule has 4 N–H and O–H groups in total. The zero-order valence-corrected chi connectivity index (χ0v) is 14.6. The van der Waals surface area contributed by atoms with Gasteiger partial charge in [0.15, 0.2) is 0 Å². The zero-order chi connectivity index (χ0) is 18.2. The van der Waals surface area contributed by atoms with E-state index in [-0.39, 0.29) is 0 Å². The first-order valence-electron chi connectivity index (χ1n) is 8.62. The summed E-state index contributed by atoms with van der Waals surface area (Å²) in [6.07, 6.45) is 3.52. The van der Waals surface area contributed by atoms with Crippen molar-refractivity contribution in [2.75, 3.05) is 10.6 Å². The summed E-state index contributed by atoms with van der Waals surface area (Å²) in [4.78, 5) is 12.2. The Morgan fingerprint density at radius 3 is 2.59 bits per heavy atom. The maximum Gasteiger partial charge on any atom is 0.229 e. The van der Waals surface area contributed by atoms with Gasteiger partial charge in [-0.25, -0.2) is 4.98 Å². The van der Waals surface area contributed by atoms with Crippen LogP contribution in [0, 0.1) is 6.92 Å². The lowest BCUT2D eigenvalue weighted by molar-refractivity contribution is 1.12. The molecule has 0 unspecified atom stereocenters. The van der Waals surface area contributed by atoms with E-state index in [1.54, 1.807) is 12.4 Å². The van der Waals surface area contributed by atoms with Crippen LogP contribution >= 0.6 is 0 Å². The van der Waals surface area contributed by atoms with Crippen LogP contribution in [0.4, 0.5) is 23.1 Å². The minimum atomic E-state index is 0.529. The number of aromatic amines is 2. The molecule has 27 heavy (non-hydrogen) atoms. The number of aryl methyl sites for hydroxylation is 1. The fourth-order valence-corrected chi connectivity index (χ4v) is 3.14. The highest BCUT2D eigenvalue weighted by Gasteiger charge is 2.04. The fraction of sp³-hybridized carbons (Fsp3) is 0.0500. The van der Waals surface area contributed by atoms with Crippen LogP contribution in [0.15, 0.2) is 60.9 Å². The third-order valence-corrected chi connectivity index (χ3v) is 4.38. The molecule has 0 aliphatic heterocycles. The normalized spacial score (nSPS) is 11.1. The lowest BCUT2D eigenvalue weighted by atomic mass is 10.2. The van der Waals surface area contributed by atoms with Crippen molar-refractivity contribution < 1.29 is 0 Å². The molecule has 0 saturated heterocycles. The van der Waals surface area contributed by atoms with Gasteiger partial charge in [0.1, 0.15) is 5.82 Å². The molecule has 7 nitrogen and oxygen atoms in total. The maximum absolute atomic E-state index is 4.55. The Balaban J connectivity index is 1.38. The van der Waals surface area contributed by atoms with Crippen molar-refractivity contribution in [2.45, 2.75) is 6.92 Å². The Morgan fingerprint density at radius 2 is 1.67 bits per heavy atom. The van der Waals surface area contributed by atoms with Crippen LogP contribution in [0.1, 0.15) is 5.69 Å². The van der Waals surface area contributed by atoms with Gasteiger partial charge in [0.05, 0.1) is 11.7 Å². The van der Waals surface area contributed by atoms with Gasteiger partial charge in [-0.1, -0.05) is 0 Å². The van der Waals surface area contributed by atoms with Gasteiger partial charge in [-0.15, -0.1) is 0 Å². The number of nitrogens with one attached hydrogen (secondary N) is 4. The van der Waals surface area contributed by atoms with Gasteiger partial charge in [-0.05, 0) is 55.5 Å². The molecule has 5 rings (SSSR count). The summed E-state index contributed by atoms with van der Waals surface area (Å²) in [5.74, 6) is 1.25. The number of fused-ring (bicyclic) bond motifs is 2. The van der Waals surface area contributed by atoms with Gasteiger partial charge in [0.25, 0.3) is 0 Å². The number of aromatic nitrogens is 5. The molecule has 5 aromatic rings. The minimum absolute atomic E-state index is 0.529. The number of anilines is 4. The van der Waals surface area contributed by atoms with Crippen molar-refractivity contribution in [1.29, 1.82) is 0 Å². The molecule has 0 saturated carbocycles. The Morgan fingerprint density at radius 1 is 0.852 bits per heavy atom. The van der Waals surface area contributed by atoms with E-state index >= 15 is 0 Å². The van der Waals surface area contributed by atoms with Crippen molar-refractivity contribution in [3.8, 4) is 0 Å². The summed E-state index contributed by atoms with van der Waals surface area (Å²) in [6, 6.07) is 16.1. The van der Waals surface area contributed by atoms with Crippen LogP contribution in [-0.4, -0.2) is 25.1 Å². The summed E-state index contributed by atoms with van der Waals surface area (Å²) >= 11 is 0. The molecule has 0 bridgehead atoms. The predicted molar refractivity (Wildman–Crippen MR) is 108 cm³/mol. The zero-order valence-electron chi connectivity index (χ0n) is 14.6. The smallest absolute Gasteiger partial charge is 0.229 e. The van der Waals surface area contributed by atoms with Gasteiger partial charge in [-0.3, -0.25) is 5.10 Å². The monoisotopic (exact) mass is 355 g/mol. The van der Waals surface area contributed by atoms with Gasteiger partial charge in [0.2, 0.25) is 5.95 Å². The summed E-state index contributed by atoms with van der Waals surface area (Å²) in [7, 11) is 0. The molecule has 3 heterocycles. The van der Waals surface area contributed by atoms with Crippen LogP contribution in [0.25, 0.3) is 21.8 Å². The molecule has 3 aromatic heterocycles. The number of H-pyrrole nitrogens is 2. The standard InChI is InChI=1S/C20H17N7/c1-12-8-13-9-15(2-4-17(13)23-12)24-19-6-7-21-20(26-19)25-16-3-5-18-14(10-16)11-22-27-18/h2-11,23H,1H3,(H,22,27)(H2,21,24,25,26). The van der Waals surface area contributed by atoms with E-state index in [1.165, 1.54) is 5.39 Å². The van der Waals surface area contributed by atoms with Crippen molar-refractivity contribution >= 4 is 44.9 Å². The second-order valence-electron chi connectivity index (χ2n) is 6.44. The molecular weight excluding hydrogens is 338 g/mol. The molecule has 0 fully saturated rings. The lowest BCUT2D eigenvalue weighted by Crippen LogP contribution is -2.00. The van der Waals surface area contributed by atoms with Crippen LogP contribution < -0.4 is 10.6 Å². The van der Waals surface area contributed by atoms with E-state index in [0.717, 1.165) is 39.3 Å². The molecule has 0 spiro atoms. The Labute approximate surface area is 154 Å². The quantitative estimate of drug-likeness (QED) is 0.377. The van der Waals surface area contributed by atoms with E-state index in [1.807, 2.05) is 30.3 Å². The van der Waals surface area contributed by atoms with Gasteiger partial charge in [0, 0.05) is 39.6 Å². The third-order valence-electron chi connectivity index (χ3n) is 4.38. The van der Waals surface area contributed by atoms with Crippen LogP contribution in [0.3, 0.4) is 0 Å². The topological polar surface area (TPSA) is 94.3 Å². The number of hydrogen-bond donors (Lipinski definition) is 4. The van der Waals surface area contributed by atoms with Gasteiger partial charge < -0.3 is 15.6 Å². The molecule has 0 radical (unpaired) electrons. The molecule has 7 heteroatoms. The summed E-state index contributed by atoms with van der Waals surface area (Å²) in [5, 5.41) is 15.7. The van der Waals surface area contributed by atoms with Crippen LogP contribution in [0.5, 0.6) is 0 Å². The summed E-state index contributed by atoms with van der Waals surface area (Å²) < 4.78 is 0. The number of benzene rings is 2. The highest BCUT2D eigenvalue weighted by molar-refractivity contribution is 5.85. The fourth-order valence-electron chi connectivity index (χ4n) is 3.14. The molecule has 2 aromatic carbocycles. The van der Waals surface area contributed by atoms with E-state index < -0.39 is 0 Å². The lowest BCUT2D eigenvalue weighted by Gasteiger charge is -2.09. The molecular formula is C20H17N7. The molecule has 132 valence electrons. The third kappa shape index (κ3) is 3.06. The highest BCUT2D eigenvalue weighted by Crippen LogP contribution is 2.23. The van der Waals surface area contributed by atoms with Gasteiger partial charge in [-0.2, -0.15) is 10.1 Å². The van der Waals surface area contributed by atoms with Gasteiger partial charge >= 0.3 is 0 Å². The van der Waals surface area contributed by atoms with E-state index in [2.05, 4.69) is 60.9 Å². The first-order chi connectivity index (χ1) is 13.2. The average molecular weight is 355 g/mol. The van der Waals surface area contributed by atoms with Crippen LogP contribution in [-0.2, 0) is 0 Å². The van der Waals surface area contributed by atoms with Crippen molar-refractivity contribution in [3.63, 3.8) is 0 Å². The first kappa shape index (κ1) is 15.4. The second kappa shape index (κ2) is 6.14. The van der Waals surface area contributed by atoms with E-state index in [4.69, 9.17) is 0 Å². The Hall–Kier alpha value is -3.87. The van der Waals surface area contributed by atoms with E-state index in [0.29, 0.717) is 5.95 Å². The van der Waals surface area contributed by atoms with Crippen LogP contribution in [0.2, 0.25) is 0 Å². The predicted octanol–water partition coefficient (Wildman–Crippen LogP) is 4.63. The first-order valence-corrected chi connectivity index (χ1v) is 8.62. The van der Waals surface area contributed by atoms with Crippen molar-refractivity contribution in [2.24, 2.45) is 0 Å². The molecule has 0 aliphatic carbocycles. The largest absolute Gasteiger partial charge is 0.359 e. The highest BCUT2D eigenvalue weighted by atomic mass is 15.1. The van der Waals surface area contributed by atoms with E-state index in [9.17, 15) is 0 Å². The summed E-state index contributed by atoms with van der Waals surface area (Å²) in [5.41, 5.74) is 5.14. The molecule has 0 atom stereocenters. The minimum Gasteiger partial charge on any atom is -0.359 e. The summed E-state index contributed by atoms with van der Waals surface area (Å²) in [6.45, 7) is 2.05. The maximum atomic E-state index is 4.55. The SMILES string of the molecule is Cc1cc2cc(Nc3ccnc(Nc4ccc5[nH]ncc5c4)n3)ccc2[nH]1. The number of nitrogens with zero attached hydrogens (tertiary/aromatic N) is 3. The second-order valence-corrected chi connectivity index (χ2v) is 6.44. The number of hydrogen-bond acceptors (Lipinski definition) is 5. The average Bonchev–Trinajstić information content (AvgIpc) is 3.26. The Bertz CT molecular complexity index is 1250. The Kier molecular flexibility index (Phi) is 3.50. The number of rotatable bonds is 4. The molecule has 0 aliphatic rings. The van der Waals surface area contributed by atoms with Crippen molar-refractivity contribution in [1.82, 2.24) is 25.1 Å². The molecule has 0 amide bonds. The van der Waals surface area contributed by atoms with Crippen molar-refractivity contribution in [3.05, 3.63) is 66.6 Å².